The molecule has 0 aromatic carbocycles. The standard InChI is InChI=1S/C16H32.C4H7NO/c1-3-5-7-9-11-13-15-16-14-12-10-8-6-4-2;6-4-2-1-3-5-4/h3H,1,4-16H2,2H3;1-3H2,(H,5,6). The minimum Gasteiger partial charge on any atom is -0.356 e. The highest BCUT2D eigenvalue weighted by Crippen LogP contribution is 2.12. The topological polar surface area (TPSA) is 29.1 Å². The van der Waals surface area contributed by atoms with Gasteiger partial charge in [-0.1, -0.05) is 83.6 Å². The Hall–Kier alpha value is -0.790. The van der Waals surface area contributed by atoms with E-state index in [1.807, 2.05) is 6.08 Å². The summed E-state index contributed by atoms with van der Waals surface area (Å²) >= 11 is 0. The lowest BCUT2D eigenvalue weighted by Crippen LogP contribution is -2.12. The summed E-state index contributed by atoms with van der Waals surface area (Å²) in [5.74, 6) is 0.204. The first kappa shape index (κ1) is 21.2. The van der Waals surface area contributed by atoms with E-state index in [1.165, 1.54) is 83.5 Å². The average molecular weight is 310 g/mol. The van der Waals surface area contributed by atoms with Crippen LogP contribution in [-0.4, -0.2) is 12.5 Å². The van der Waals surface area contributed by atoms with Crippen molar-refractivity contribution in [1.82, 2.24) is 5.32 Å². The monoisotopic (exact) mass is 309 g/mol. The molecule has 1 aliphatic rings. The summed E-state index contributed by atoms with van der Waals surface area (Å²) in [6.45, 7) is 6.92. The number of amides is 1. The van der Waals surface area contributed by atoms with Crippen LogP contribution in [0.4, 0.5) is 0 Å². The first-order valence-corrected chi connectivity index (χ1v) is 9.68. The molecule has 0 radical (unpaired) electrons. The zero-order chi connectivity index (χ0) is 16.3. The lowest BCUT2D eigenvalue weighted by Gasteiger charge is -2.02. The second-order valence-electron chi connectivity index (χ2n) is 6.42. The summed E-state index contributed by atoms with van der Waals surface area (Å²) in [4.78, 5) is 10.1. The van der Waals surface area contributed by atoms with Crippen LogP contribution in [0.25, 0.3) is 0 Å². The van der Waals surface area contributed by atoms with Gasteiger partial charge in [-0.05, 0) is 19.3 Å². The van der Waals surface area contributed by atoms with Gasteiger partial charge in [-0.25, -0.2) is 0 Å². The number of hydrogen-bond acceptors (Lipinski definition) is 1. The van der Waals surface area contributed by atoms with E-state index in [0.29, 0.717) is 0 Å². The van der Waals surface area contributed by atoms with Crippen LogP contribution < -0.4 is 5.32 Å². The van der Waals surface area contributed by atoms with Crippen LogP contribution in [0.15, 0.2) is 12.7 Å². The molecule has 0 atom stereocenters. The molecule has 130 valence electrons. The number of unbranched alkanes of at least 4 members (excludes halogenated alkanes) is 12. The van der Waals surface area contributed by atoms with E-state index in [0.717, 1.165) is 19.4 Å². The Balaban J connectivity index is 0.000000604. The second kappa shape index (κ2) is 18.3. The van der Waals surface area contributed by atoms with Crippen molar-refractivity contribution in [2.24, 2.45) is 0 Å². The Morgan fingerprint density at radius 1 is 0.909 bits per heavy atom. The molecule has 0 spiro atoms. The van der Waals surface area contributed by atoms with Gasteiger partial charge in [-0.3, -0.25) is 4.79 Å². The van der Waals surface area contributed by atoms with Gasteiger partial charge >= 0.3 is 0 Å². The summed E-state index contributed by atoms with van der Waals surface area (Å²) in [6.07, 6.45) is 22.2. The molecule has 22 heavy (non-hydrogen) atoms. The van der Waals surface area contributed by atoms with E-state index >= 15 is 0 Å². The minimum absolute atomic E-state index is 0.204. The maximum Gasteiger partial charge on any atom is 0.220 e. The molecule has 1 amide bonds. The van der Waals surface area contributed by atoms with Crippen molar-refractivity contribution in [1.29, 1.82) is 0 Å². The summed E-state index contributed by atoms with van der Waals surface area (Å²) in [5.41, 5.74) is 0. The fraction of sp³-hybridized carbons (Fsp3) is 0.850. The molecule has 1 aliphatic heterocycles. The van der Waals surface area contributed by atoms with E-state index in [9.17, 15) is 4.79 Å². The van der Waals surface area contributed by atoms with Crippen LogP contribution in [0.3, 0.4) is 0 Å². The Morgan fingerprint density at radius 3 is 1.73 bits per heavy atom. The van der Waals surface area contributed by atoms with Gasteiger partial charge in [-0.15, -0.1) is 6.58 Å². The van der Waals surface area contributed by atoms with Crippen LogP contribution >= 0.6 is 0 Å². The van der Waals surface area contributed by atoms with Gasteiger partial charge in [0.15, 0.2) is 0 Å². The SMILES string of the molecule is C=CCCCCCCCCCCCCCC.O=C1CCCN1. The highest BCUT2D eigenvalue weighted by Gasteiger charge is 2.05. The van der Waals surface area contributed by atoms with E-state index in [2.05, 4.69) is 18.8 Å². The van der Waals surface area contributed by atoms with Gasteiger partial charge in [0, 0.05) is 13.0 Å². The van der Waals surface area contributed by atoms with E-state index in [4.69, 9.17) is 0 Å². The Bertz CT molecular complexity index is 242. The molecule has 1 heterocycles. The molecule has 0 aliphatic carbocycles. The van der Waals surface area contributed by atoms with Crippen LogP contribution in [-0.2, 0) is 4.79 Å². The van der Waals surface area contributed by atoms with E-state index in [-0.39, 0.29) is 5.91 Å². The number of nitrogens with one attached hydrogen (secondary N) is 1. The maximum atomic E-state index is 10.1. The van der Waals surface area contributed by atoms with Crippen molar-refractivity contribution in [2.75, 3.05) is 6.54 Å². The Kier molecular flexibility index (Phi) is 17.6. The molecule has 0 saturated carbocycles. The predicted molar refractivity (Wildman–Crippen MR) is 98.1 cm³/mol. The summed E-state index contributed by atoms with van der Waals surface area (Å²) < 4.78 is 0. The van der Waals surface area contributed by atoms with E-state index in [1.54, 1.807) is 0 Å². The van der Waals surface area contributed by atoms with Gasteiger partial charge in [0.25, 0.3) is 0 Å². The van der Waals surface area contributed by atoms with Crippen molar-refractivity contribution in [3.05, 3.63) is 12.7 Å². The number of rotatable bonds is 13. The second-order valence-corrected chi connectivity index (χ2v) is 6.42. The third-order valence-corrected chi connectivity index (χ3v) is 4.16. The van der Waals surface area contributed by atoms with Crippen molar-refractivity contribution in [3.8, 4) is 0 Å². The Labute approximate surface area is 139 Å². The van der Waals surface area contributed by atoms with Crippen molar-refractivity contribution < 1.29 is 4.79 Å². The molecular formula is C20H39NO. The maximum absolute atomic E-state index is 10.1. The van der Waals surface area contributed by atoms with Gasteiger partial charge in [0.1, 0.15) is 0 Å². The highest BCUT2D eigenvalue weighted by atomic mass is 16.1. The Morgan fingerprint density at radius 2 is 1.41 bits per heavy atom. The molecule has 0 unspecified atom stereocenters. The predicted octanol–water partition coefficient (Wildman–Crippen LogP) is 6.16. The van der Waals surface area contributed by atoms with Gasteiger partial charge < -0.3 is 5.32 Å². The average Bonchev–Trinajstić information content (AvgIpc) is 3.00. The molecular weight excluding hydrogens is 270 g/mol. The summed E-state index contributed by atoms with van der Waals surface area (Å²) in [5, 5.41) is 2.68. The van der Waals surface area contributed by atoms with Gasteiger partial charge in [-0.2, -0.15) is 0 Å². The van der Waals surface area contributed by atoms with Crippen molar-refractivity contribution >= 4 is 5.91 Å². The van der Waals surface area contributed by atoms with Crippen LogP contribution in [0.1, 0.15) is 103 Å². The lowest BCUT2D eigenvalue weighted by atomic mass is 10.0. The zero-order valence-electron chi connectivity index (χ0n) is 15.0. The fourth-order valence-corrected chi connectivity index (χ4v) is 2.69. The van der Waals surface area contributed by atoms with Crippen LogP contribution in [0, 0.1) is 0 Å². The smallest absolute Gasteiger partial charge is 0.220 e. The van der Waals surface area contributed by atoms with Crippen molar-refractivity contribution in [2.45, 2.75) is 103 Å². The number of hydrogen-bond donors (Lipinski definition) is 1. The summed E-state index contributed by atoms with van der Waals surface area (Å²) in [7, 11) is 0. The third kappa shape index (κ3) is 17.3. The van der Waals surface area contributed by atoms with Gasteiger partial charge in [0.05, 0.1) is 0 Å². The molecule has 0 aromatic rings. The van der Waals surface area contributed by atoms with Crippen LogP contribution in [0.5, 0.6) is 0 Å². The minimum atomic E-state index is 0.204. The third-order valence-electron chi connectivity index (χ3n) is 4.16. The number of allylic oxidation sites excluding steroid dienone is 1. The first-order valence-electron chi connectivity index (χ1n) is 9.68. The lowest BCUT2D eigenvalue weighted by molar-refractivity contribution is -0.119. The van der Waals surface area contributed by atoms with E-state index < -0.39 is 0 Å². The largest absolute Gasteiger partial charge is 0.356 e. The molecule has 0 bridgehead atoms. The summed E-state index contributed by atoms with van der Waals surface area (Å²) in [6, 6.07) is 0. The zero-order valence-corrected chi connectivity index (χ0v) is 15.0. The quantitative estimate of drug-likeness (QED) is 0.320. The highest BCUT2D eigenvalue weighted by molar-refractivity contribution is 5.77. The normalized spacial score (nSPS) is 13.4. The first-order chi connectivity index (χ1) is 10.8. The molecule has 1 fully saturated rings. The fourth-order valence-electron chi connectivity index (χ4n) is 2.69. The number of carbonyl (C=O) groups excluding carboxylic acids is 1. The molecule has 2 heteroatoms. The van der Waals surface area contributed by atoms with Crippen LogP contribution in [0.2, 0.25) is 0 Å². The molecule has 1 rings (SSSR count). The van der Waals surface area contributed by atoms with Crippen molar-refractivity contribution in [3.63, 3.8) is 0 Å². The van der Waals surface area contributed by atoms with Gasteiger partial charge in [0.2, 0.25) is 5.91 Å². The molecule has 1 saturated heterocycles. The molecule has 0 aromatic heterocycles. The number of carbonyl (C=O) groups is 1. The molecule has 2 nitrogen and oxygen atoms in total. The molecule has 1 N–H and O–H groups in total.